The molecule has 1 aliphatic carbocycles. The van der Waals surface area contributed by atoms with Gasteiger partial charge in [-0.25, -0.2) is 0 Å². The molecule has 4 heteroatoms. The van der Waals surface area contributed by atoms with Crippen LogP contribution in [-0.4, -0.2) is 5.84 Å². The molecule has 0 bridgehead atoms. The number of nitrogens with zero attached hydrogens (tertiary/aromatic N) is 1. The molecule has 1 saturated carbocycles. The summed E-state index contributed by atoms with van der Waals surface area (Å²) in [6.07, 6.45) is 8.54. The number of anilines is 1. The summed E-state index contributed by atoms with van der Waals surface area (Å²) in [5, 5.41) is 4.90. The van der Waals surface area contributed by atoms with Crippen molar-refractivity contribution in [2.75, 3.05) is 5.32 Å². The van der Waals surface area contributed by atoms with Crippen molar-refractivity contribution in [2.24, 2.45) is 10.4 Å². The summed E-state index contributed by atoms with van der Waals surface area (Å²) >= 11 is 12.6. The van der Waals surface area contributed by atoms with E-state index in [-0.39, 0.29) is 5.41 Å². The molecule has 1 fully saturated rings. The third-order valence-corrected chi connectivity index (χ3v) is 6.91. The monoisotopic (exact) mass is 414 g/mol. The van der Waals surface area contributed by atoms with Crippen LogP contribution in [0.25, 0.3) is 0 Å². The number of nitrogens with one attached hydrogen (secondary N) is 1. The normalized spacial score (nSPS) is 19.9. The average molecular weight is 415 g/mol. The Labute approximate surface area is 178 Å². The average Bonchev–Trinajstić information content (AvgIpc) is 2.87. The first-order valence-electron chi connectivity index (χ1n) is 10.3. The van der Waals surface area contributed by atoms with Crippen LogP contribution in [0.4, 0.5) is 5.69 Å². The van der Waals surface area contributed by atoms with Crippen molar-refractivity contribution in [1.29, 1.82) is 0 Å². The molecule has 2 aromatic carbocycles. The van der Waals surface area contributed by atoms with Gasteiger partial charge in [-0.3, -0.25) is 4.99 Å². The van der Waals surface area contributed by atoms with Gasteiger partial charge < -0.3 is 5.32 Å². The van der Waals surface area contributed by atoms with E-state index in [0.29, 0.717) is 16.6 Å². The van der Waals surface area contributed by atoms with Gasteiger partial charge in [0.1, 0.15) is 5.84 Å². The minimum absolute atomic E-state index is 0.0968. The van der Waals surface area contributed by atoms with Crippen LogP contribution in [0.1, 0.15) is 60.8 Å². The van der Waals surface area contributed by atoms with E-state index >= 15 is 0 Å². The molecule has 1 aliphatic heterocycles. The van der Waals surface area contributed by atoms with Crippen LogP contribution in [0, 0.1) is 19.3 Å². The maximum absolute atomic E-state index is 6.32. The maximum atomic E-state index is 6.32. The maximum Gasteiger partial charge on any atom is 0.108 e. The van der Waals surface area contributed by atoms with Gasteiger partial charge in [0, 0.05) is 11.1 Å². The molecule has 0 atom stereocenters. The summed E-state index contributed by atoms with van der Waals surface area (Å²) < 4.78 is 0. The van der Waals surface area contributed by atoms with Crippen LogP contribution in [0.2, 0.25) is 10.0 Å². The molecule has 4 rings (SSSR count). The fourth-order valence-corrected chi connectivity index (χ4v) is 5.27. The molecule has 0 radical (unpaired) electrons. The van der Waals surface area contributed by atoms with E-state index < -0.39 is 0 Å². The first-order valence-corrected chi connectivity index (χ1v) is 11.1. The Balaban J connectivity index is 1.71. The first kappa shape index (κ1) is 19.8. The van der Waals surface area contributed by atoms with Crippen molar-refractivity contribution in [3.05, 3.63) is 62.6 Å². The van der Waals surface area contributed by atoms with Crippen molar-refractivity contribution in [2.45, 2.75) is 65.3 Å². The van der Waals surface area contributed by atoms with Gasteiger partial charge in [-0.1, -0.05) is 78.2 Å². The third kappa shape index (κ3) is 4.09. The van der Waals surface area contributed by atoms with Gasteiger partial charge >= 0.3 is 0 Å². The molecular weight excluding hydrogens is 387 g/mol. The minimum Gasteiger partial charge on any atom is -0.343 e. The predicted octanol–water partition coefficient (Wildman–Crippen LogP) is 7.52. The van der Waals surface area contributed by atoms with E-state index in [1.165, 1.54) is 60.8 Å². The number of benzene rings is 2. The number of aryl methyl sites for hydroxylation is 2. The van der Waals surface area contributed by atoms with Crippen molar-refractivity contribution >= 4 is 34.7 Å². The molecule has 2 nitrogen and oxygen atoms in total. The molecule has 1 N–H and O–H groups in total. The number of halogens is 2. The number of aliphatic imine (C=N–C) groups is 1. The second kappa shape index (κ2) is 8.08. The highest BCUT2D eigenvalue weighted by atomic mass is 35.5. The minimum atomic E-state index is 0.0968. The van der Waals surface area contributed by atoms with E-state index in [1.807, 2.05) is 12.1 Å². The quantitative estimate of drug-likeness (QED) is 0.539. The number of hydrogen-bond donors (Lipinski definition) is 1. The van der Waals surface area contributed by atoms with E-state index in [0.717, 1.165) is 17.9 Å². The Hall–Kier alpha value is -1.51. The van der Waals surface area contributed by atoms with Crippen molar-refractivity contribution in [3.8, 4) is 0 Å². The summed E-state index contributed by atoms with van der Waals surface area (Å²) in [4.78, 5) is 5.13. The van der Waals surface area contributed by atoms with Crippen LogP contribution in [-0.2, 0) is 13.0 Å². The molecule has 0 saturated heterocycles. The Morgan fingerprint density at radius 2 is 1.54 bits per heavy atom. The zero-order valence-corrected chi connectivity index (χ0v) is 18.3. The van der Waals surface area contributed by atoms with Gasteiger partial charge in [0.15, 0.2) is 0 Å². The number of hydrogen-bond acceptors (Lipinski definition) is 1. The lowest BCUT2D eigenvalue weighted by Gasteiger charge is -2.40. The van der Waals surface area contributed by atoms with Gasteiger partial charge in [-0.15, -0.1) is 0 Å². The van der Waals surface area contributed by atoms with Gasteiger partial charge in [0.05, 0.1) is 16.6 Å². The largest absolute Gasteiger partial charge is 0.343 e. The van der Waals surface area contributed by atoms with Crippen LogP contribution < -0.4 is 5.32 Å². The molecule has 2 aromatic rings. The Kier molecular flexibility index (Phi) is 5.71. The lowest BCUT2D eigenvalue weighted by atomic mass is 9.72. The molecule has 148 valence electrons. The highest BCUT2D eigenvalue weighted by Gasteiger charge is 2.40. The lowest BCUT2D eigenvalue weighted by molar-refractivity contribution is 0.354. The first-order chi connectivity index (χ1) is 13.4. The van der Waals surface area contributed by atoms with E-state index in [9.17, 15) is 0 Å². The van der Waals surface area contributed by atoms with Crippen molar-refractivity contribution in [1.82, 2.24) is 0 Å². The zero-order valence-electron chi connectivity index (χ0n) is 16.7. The molecule has 0 aromatic heterocycles. The molecule has 1 heterocycles. The SMILES string of the molecule is Cc1cc(C)cc(CN=C2Nc3cc(Cl)c(Cl)cc3CC23CCCCCC3)c1. The fraction of sp³-hybridized carbons (Fsp3) is 0.458. The second-order valence-electron chi connectivity index (χ2n) is 8.58. The third-order valence-electron chi connectivity index (χ3n) is 6.19. The fourth-order valence-electron chi connectivity index (χ4n) is 4.92. The summed E-state index contributed by atoms with van der Waals surface area (Å²) in [6.45, 7) is 5.01. The molecule has 2 aliphatic rings. The Morgan fingerprint density at radius 3 is 2.21 bits per heavy atom. The van der Waals surface area contributed by atoms with Crippen LogP contribution in [0.15, 0.2) is 35.3 Å². The second-order valence-corrected chi connectivity index (χ2v) is 9.39. The van der Waals surface area contributed by atoms with Gasteiger partial charge in [0.25, 0.3) is 0 Å². The zero-order chi connectivity index (χ0) is 19.7. The number of rotatable bonds is 2. The topological polar surface area (TPSA) is 24.4 Å². The molecule has 0 amide bonds. The standard InChI is InChI=1S/C24H28Cl2N2/c1-16-9-17(2)11-18(10-16)15-27-23-24(7-5-3-4-6-8-24)14-19-12-20(25)21(26)13-22(19)28-23/h9-13H,3-8,14-15H2,1-2H3,(H,27,28). The molecule has 0 unspecified atom stereocenters. The van der Waals surface area contributed by atoms with Crippen LogP contribution in [0.5, 0.6) is 0 Å². The smallest absolute Gasteiger partial charge is 0.108 e. The van der Waals surface area contributed by atoms with E-state index in [4.69, 9.17) is 28.2 Å². The van der Waals surface area contributed by atoms with Crippen molar-refractivity contribution in [3.63, 3.8) is 0 Å². The summed E-state index contributed by atoms with van der Waals surface area (Å²) in [7, 11) is 0. The van der Waals surface area contributed by atoms with Crippen LogP contribution >= 0.6 is 23.2 Å². The van der Waals surface area contributed by atoms with Gasteiger partial charge in [0.2, 0.25) is 0 Å². The van der Waals surface area contributed by atoms with E-state index in [2.05, 4.69) is 37.4 Å². The summed E-state index contributed by atoms with van der Waals surface area (Å²) in [5.41, 5.74) is 6.28. The Bertz CT molecular complexity index is 889. The number of fused-ring (bicyclic) bond motifs is 1. The van der Waals surface area contributed by atoms with Gasteiger partial charge in [-0.2, -0.15) is 0 Å². The number of amidine groups is 1. The summed E-state index contributed by atoms with van der Waals surface area (Å²) in [5.74, 6) is 1.14. The lowest BCUT2D eigenvalue weighted by Crippen LogP contribution is -2.42. The molecule has 28 heavy (non-hydrogen) atoms. The molecule has 1 spiro atoms. The van der Waals surface area contributed by atoms with Crippen LogP contribution in [0.3, 0.4) is 0 Å². The van der Waals surface area contributed by atoms with Gasteiger partial charge in [-0.05, 0) is 56.4 Å². The predicted molar refractivity (Wildman–Crippen MR) is 121 cm³/mol. The van der Waals surface area contributed by atoms with E-state index in [1.54, 1.807) is 0 Å². The molecular formula is C24H28Cl2N2. The highest BCUT2D eigenvalue weighted by Crippen LogP contribution is 2.45. The van der Waals surface area contributed by atoms with Crippen molar-refractivity contribution < 1.29 is 0 Å². The highest BCUT2D eigenvalue weighted by molar-refractivity contribution is 6.42. The Morgan fingerprint density at radius 1 is 0.893 bits per heavy atom. The summed E-state index contributed by atoms with van der Waals surface area (Å²) in [6, 6.07) is 10.7.